The number of aromatic nitrogens is 1. The summed E-state index contributed by atoms with van der Waals surface area (Å²) in [6.45, 7) is 6.12. The fourth-order valence-corrected chi connectivity index (χ4v) is 3.92. The molecular formula is C24H28N4O3. The zero-order valence-electron chi connectivity index (χ0n) is 18.4. The molecule has 1 amide bonds. The first-order valence-electron chi connectivity index (χ1n) is 10.4. The van der Waals surface area contributed by atoms with Gasteiger partial charge in [0, 0.05) is 37.3 Å². The van der Waals surface area contributed by atoms with E-state index in [0.717, 1.165) is 48.5 Å². The smallest absolute Gasteiger partial charge is 0.259 e. The van der Waals surface area contributed by atoms with Crippen molar-refractivity contribution in [3.8, 4) is 11.5 Å². The Morgan fingerprint density at radius 3 is 2.52 bits per heavy atom. The molecular weight excluding hydrogens is 392 g/mol. The van der Waals surface area contributed by atoms with Crippen molar-refractivity contribution in [1.82, 2.24) is 9.88 Å². The maximum Gasteiger partial charge on any atom is 0.259 e. The van der Waals surface area contributed by atoms with Gasteiger partial charge >= 0.3 is 0 Å². The largest absolute Gasteiger partial charge is 0.493 e. The summed E-state index contributed by atoms with van der Waals surface area (Å²) in [5.41, 5.74) is 3.18. The number of nitrogens with zero attached hydrogens (tertiary/aromatic N) is 3. The van der Waals surface area contributed by atoms with Crippen LogP contribution in [-0.2, 0) is 0 Å². The zero-order chi connectivity index (χ0) is 22.0. The number of anilines is 2. The predicted molar refractivity (Wildman–Crippen MR) is 124 cm³/mol. The van der Waals surface area contributed by atoms with Gasteiger partial charge in [0.1, 0.15) is 5.82 Å². The standard InChI is InChI=1S/C24H28N4O3/c1-16-14-22(28-12-10-27(2)11-13-28)26-20-9-8-17(15-19(16)20)25-24(29)18-6-5-7-21(30-3)23(18)31-4/h5-9,14-15H,10-13H2,1-4H3,(H,25,29). The van der Waals surface area contributed by atoms with Crippen LogP contribution >= 0.6 is 0 Å². The third kappa shape index (κ3) is 4.27. The number of pyridine rings is 1. The van der Waals surface area contributed by atoms with Gasteiger partial charge in [-0.05, 0) is 55.9 Å². The molecule has 0 aliphatic carbocycles. The van der Waals surface area contributed by atoms with Gasteiger partial charge in [-0.25, -0.2) is 4.98 Å². The highest BCUT2D eigenvalue weighted by molar-refractivity contribution is 6.07. The topological polar surface area (TPSA) is 66.9 Å². The van der Waals surface area contributed by atoms with Crippen molar-refractivity contribution < 1.29 is 14.3 Å². The molecule has 7 heteroatoms. The van der Waals surface area contributed by atoms with Crippen LogP contribution in [0.1, 0.15) is 15.9 Å². The van der Waals surface area contributed by atoms with Crippen molar-refractivity contribution >= 4 is 28.3 Å². The van der Waals surface area contributed by atoms with Gasteiger partial charge in [0.2, 0.25) is 0 Å². The summed E-state index contributed by atoms with van der Waals surface area (Å²) in [6.07, 6.45) is 0. The number of carbonyl (C=O) groups excluding carboxylic acids is 1. The molecule has 1 N–H and O–H groups in total. The number of nitrogens with one attached hydrogen (secondary N) is 1. The predicted octanol–water partition coefficient (Wildman–Crippen LogP) is 3.56. The van der Waals surface area contributed by atoms with Gasteiger partial charge in [0.15, 0.2) is 11.5 Å². The van der Waals surface area contributed by atoms with Gasteiger partial charge in [-0.3, -0.25) is 4.79 Å². The summed E-state index contributed by atoms with van der Waals surface area (Å²) in [7, 11) is 5.22. The highest BCUT2D eigenvalue weighted by Gasteiger charge is 2.18. The molecule has 162 valence electrons. The van der Waals surface area contributed by atoms with Gasteiger partial charge in [0.25, 0.3) is 5.91 Å². The van der Waals surface area contributed by atoms with E-state index in [2.05, 4.69) is 35.2 Å². The third-order valence-electron chi connectivity index (χ3n) is 5.73. The number of carbonyl (C=O) groups is 1. The van der Waals surface area contributed by atoms with Gasteiger partial charge in [0.05, 0.1) is 25.3 Å². The van der Waals surface area contributed by atoms with Crippen LogP contribution in [0.4, 0.5) is 11.5 Å². The Hall–Kier alpha value is -3.32. The third-order valence-corrected chi connectivity index (χ3v) is 5.73. The van der Waals surface area contributed by atoms with E-state index in [4.69, 9.17) is 14.5 Å². The zero-order valence-corrected chi connectivity index (χ0v) is 18.4. The van der Waals surface area contributed by atoms with Gasteiger partial charge < -0.3 is 24.6 Å². The molecule has 4 rings (SSSR count). The SMILES string of the molecule is COc1cccc(C(=O)Nc2ccc3nc(N4CCN(C)CC4)cc(C)c3c2)c1OC. The Balaban J connectivity index is 1.59. The van der Waals surface area contributed by atoms with E-state index in [1.807, 2.05) is 18.2 Å². The van der Waals surface area contributed by atoms with Crippen LogP contribution in [0.25, 0.3) is 10.9 Å². The minimum atomic E-state index is -0.255. The molecule has 0 unspecified atom stereocenters. The summed E-state index contributed by atoms with van der Waals surface area (Å²) in [5, 5.41) is 3.99. The van der Waals surface area contributed by atoms with Crippen LogP contribution in [-0.4, -0.2) is 63.2 Å². The molecule has 1 aliphatic heterocycles. The Morgan fingerprint density at radius 2 is 1.81 bits per heavy atom. The molecule has 2 aromatic carbocycles. The summed E-state index contributed by atoms with van der Waals surface area (Å²) < 4.78 is 10.7. The Bertz CT molecular complexity index is 1110. The average molecular weight is 421 g/mol. The molecule has 0 atom stereocenters. The molecule has 2 heterocycles. The Morgan fingerprint density at radius 1 is 1.03 bits per heavy atom. The van der Waals surface area contributed by atoms with E-state index in [9.17, 15) is 4.79 Å². The van der Waals surface area contributed by atoms with E-state index in [-0.39, 0.29) is 5.91 Å². The second-order valence-electron chi connectivity index (χ2n) is 7.81. The van der Waals surface area contributed by atoms with Crippen molar-refractivity contribution in [3.63, 3.8) is 0 Å². The molecule has 0 saturated carbocycles. The minimum Gasteiger partial charge on any atom is -0.493 e. The number of hydrogen-bond acceptors (Lipinski definition) is 6. The highest BCUT2D eigenvalue weighted by atomic mass is 16.5. The van der Waals surface area contributed by atoms with Crippen LogP contribution in [0.2, 0.25) is 0 Å². The van der Waals surface area contributed by atoms with Gasteiger partial charge in [-0.2, -0.15) is 0 Å². The second-order valence-corrected chi connectivity index (χ2v) is 7.81. The summed E-state index contributed by atoms with van der Waals surface area (Å²) in [4.78, 5) is 22.4. The Labute approximate surface area is 182 Å². The number of aryl methyl sites for hydroxylation is 1. The maximum atomic E-state index is 12.9. The molecule has 1 aliphatic rings. The highest BCUT2D eigenvalue weighted by Crippen LogP contribution is 2.32. The quantitative estimate of drug-likeness (QED) is 0.681. The van der Waals surface area contributed by atoms with Crippen LogP contribution in [0.3, 0.4) is 0 Å². The van der Waals surface area contributed by atoms with E-state index < -0.39 is 0 Å². The molecule has 7 nitrogen and oxygen atoms in total. The number of likely N-dealkylation sites (N-methyl/N-ethyl adjacent to an activating group) is 1. The number of methoxy groups -OCH3 is 2. The molecule has 0 bridgehead atoms. The lowest BCUT2D eigenvalue weighted by atomic mass is 10.1. The Kier molecular flexibility index (Phi) is 5.95. The number of hydrogen-bond donors (Lipinski definition) is 1. The van der Waals surface area contributed by atoms with Crippen LogP contribution < -0.4 is 19.7 Å². The number of benzene rings is 2. The fraction of sp³-hybridized carbons (Fsp3) is 0.333. The second kappa shape index (κ2) is 8.81. The van der Waals surface area contributed by atoms with Crippen molar-refractivity contribution in [2.45, 2.75) is 6.92 Å². The van der Waals surface area contributed by atoms with Crippen molar-refractivity contribution in [1.29, 1.82) is 0 Å². The number of piperazine rings is 1. The molecule has 0 spiro atoms. The maximum absolute atomic E-state index is 12.9. The fourth-order valence-electron chi connectivity index (χ4n) is 3.92. The number of rotatable bonds is 5. The molecule has 1 saturated heterocycles. The lowest BCUT2D eigenvalue weighted by molar-refractivity contribution is 0.102. The van der Waals surface area contributed by atoms with E-state index in [1.54, 1.807) is 25.3 Å². The van der Waals surface area contributed by atoms with E-state index in [1.165, 1.54) is 7.11 Å². The summed E-state index contributed by atoms with van der Waals surface area (Å²) in [6, 6.07) is 13.2. The van der Waals surface area contributed by atoms with E-state index in [0.29, 0.717) is 22.7 Å². The lowest BCUT2D eigenvalue weighted by Crippen LogP contribution is -2.44. The van der Waals surface area contributed by atoms with Gasteiger partial charge in [-0.1, -0.05) is 6.07 Å². The summed E-state index contributed by atoms with van der Waals surface area (Å²) >= 11 is 0. The molecule has 3 aromatic rings. The number of amides is 1. The number of para-hydroxylation sites is 1. The molecule has 0 radical (unpaired) electrons. The normalized spacial score (nSPS) is 14.5. The first-order chi connectivity index (χ1) is 15.0. The minimum absolute atomic E-state index is 0.255. The van der Waals surface area contributed by atoms with E-state index >= 15 is 0 Å². The molecule has 1 fully saturated rings. The monoisotopic (exact) mass is 420 g/mol. The average Bonchev–Trinajstić information content (AvgIpc) is 2.79. The van der Waals surface area contributed by atoms with Crippen LogP contribution in [0.15, 0.2) is 42.5 Å². The van der Waals surface area contributed by atoms with Crippen molar-refractivity contribution in [3.05, 3.63) is 53.6 Å². The van der Waals surface area contributed by atoms with Crippen molar-refractivity contribution in [2.24, 2.45) is 0 Å². The first-order valence-corrected chi connectivity index (χ1v) is 10.4. The molecule has 31 heavy (non-hydrogen) atoms. The first kappa shape index (κ1) is 20.9. The van der Waals surface area contributed by atoms with Crippen LogP contribution in [0, 0.1) is 6.92 Å². The van der Waals surface area contributed by atoms with Crippen molar-refractivity contribution in [2.75, 3.05) is 57.7 Å². The number of ether oxygens (including phenoxy) is 2. The van der Waals surface area contributed by atoms with Gasteiger partial charge in [-0.15, -0.1) is 0 Å². The van der Waals surface area contributed by atoms with Crippen LogP contribution in [0.5, 0.6) is 11.5 Å². The number of fused-ring (bicyclic) bond motifs is 1. The lowest BCUT2D eigenvalue weighted by Gasteiger charge is -2.33. The molecule has 1 aromatic heterocycles. The summed E-state index contributed by atoms with van der Waals surface area (Å²) in [5.74, 6) is 1.69.